The van der Waals surface area contributed by atoms with Crippen LogP contribution in [0.1, 0.15) is 5.56 Å². The number of carboxylic acids is 1. The van der Waals surface area contributed by atoms with Gasteiger partial charge in [0.15, 0.2) is 0 Å². The average Bonchev–Trinajstić information content (AvgIpc) is 2.39. The number of aliphatic carboxylic acids is 1. The maximum atomic E-state index is 10.7. The van der Waals surface area contributed by atoms with Crippen LogP contribution in [0.4, 0.5) is 5.69 Å². The molecular weight excluding hydrogens is 246 g/mol. The minimum atomic E-state index is -0.886. The average molecular weight is 257 g/mol. The summed E-state index contributed by atoms with van der Waals surface area (Å²) >= 11 is 0. The quantitative estimate of drug-likeness (QED) is 0.674. The molecule has 0 aliphatic carbocycles. The number of rotatable bonds is 4. The van der Waals surface area contributed by atoms with Crippen LogP contribution < -0.4 is 0 Å². The van der Waals surface area contributed by atoms with Crippen LogP contribution in [-0.2, 0) is 11.2 Å². The molecule has 2 aromatic rings. The Balaban J connectivity index is 2.29. The first-order chi connectivity index (χ1) is 9.06. The van der Waals surface area contributed by atoms with Crippen LogP contribution in [0.2, 0.25) is 0 Å². The number of hydrogen-bond acceptors (Lipinski definition) is 3. The van der Waals surface area contributed by atoms with Crippen LogP contribution in [0.15, 0.2) is 48.5 Å². The molecule has 96 valence electrons. The summed E-state index contributed by atoms with van der Waals surface area (Å²) in [6.45, 7) is 0. The van der Waals surface area contributed by atoms with E-state index in [0.29, 0.717) is 5.56 Å². The van der Waals surface area contributed by atoms with Gasteiger partial charge in [-0.1, -0.05) is 36.4 Å². The Morgan fingerprint density at radius 2 is 1.79 bits per heavy atom. The van der Waals surface area contributed by atoms with Gasteiger partial charge < -0.3 is 5.11 Å². The number of non-ortho nitro benzene ring substituents is 1. The van der Waals surface area contributed by atoms with E-state index in [4.69, 9.17) is 5.11 Å². The van der Waals surface area contributed by atoms with Gasteiger partial charge in [-0.15, -0.1) is 0 Å². The van der Waals surface area contributed by atoms with E-state index in [9.17, 15) is 14.9 Å². The Kier molecular flexibility index (Phi) is 3.56. The van der Waals surface area contributed by atoms with Crippen molar-refractivity contribution in [1.82, 2.24) is 0 Å². The summed E-state index contributed by atoms with van der Waals surface area (Å²) < 4.78 is 0. The highest BCUT2D eigenvalue weighted by Gasteiger charge is 2.07. The second kappa shape index (κ2) is 5.30. The Hall–Kier alpha value is -2.69. The first-order valence-corrected chi connectivity index (χ1v) is 5.62. The fourth-order valence-electron chi connectivity index (χ4n) is 1.79. The summed E-state index contributed by atoms with van der Waals surface area (Å²) in [6, 6.07) is 13.3. The molecule has 0 amide bonds. The van der Waals surface area contributed by atoms with Crippen molar-refractivity contribution >= 4 is 11.7 Å². The molecule has 1 N–H and O–H groups in total. The predicted octanol–water partition coefficient (Wildman–Crippen LogP) is 2.89. The molecule has 0 aliphatic heterocycles. The van der Waals surface area contributed by atoms with E-state index in [2.05, 4.69) is 0 Å². The monoisotopic (exact) mass is 257 g/mol. The minimum Gasteiger partial charge on any atom is -0.481 e. The van der Waals surface area contributed by atoms with Crippen molar-refractivity contribution < 1.29 is 14.8 Å². The molecule has 0 spiro atoms. The maximum absolute atomic E-state index is 10.7. The van der Waals surface area contributed by atoms with Crippen LogP contribution in [0, 0.1) is 10.1 Å². The molecule has 0 saturated carbocycles. The van der Waals surface area contributed by atoms with Gasteiger partial charge in [0, 0.05) is 12.1 Å². The fourth-order valence-corrected chi connectivity index (χ4v) is 1.79. The highest BCUT2D eigenvalue weighted by atomic mass is 16.6. The lowest BCUT2D eigenvalue weighted by Crippen LogP contribution is -1.99. The third-order valence-electron chi connectivity index (χ3n) is 2.70. The molecule has 0 aliphatic rings. The lowest BCUT2D eigenvalue weighted by molar-refractivity contribution is -0.384. The van der Waals surface area contributed by atoms with Crippen LogP contribution in [-0.4, -0.2) is 16.0 Å². The van der Waals surface area contributed by atoms with E-state index in [1.165, 1.54) is 12.1 Å². The highest BCUT2D eigenvalue weighted by molar-refractivity contribution is 5.71. The molecule has 5 heteroatoms. The van der Waals surface area contributed by atoms with E-state index in [1.807, 2.05) is 0 Å². The predicted molar refractivity (Wildman–Crippen MR) is 69.9 cm³/mol. The number of nitro groups is 1. The smallest absolute Gasteiger partial charge is 0.307 e. The van der Waals surface area contributed by atoms with Gasteiger partial charge >= 0.3 is 5.97 Å². The lowest BCUT2D eigenvalue weighted by Gasteiger charge is -2.03. The zero-order valence-electron chi connectivity index (χ0n) is 9.95. The van der Waals surface area contributed by atoms with Crippen LogP contribution in [0.5, 0.6) is 0 Å². The van der Waals surface area contributed by atoms with Gasteiger partial charge in [0.1, 0.15) is 0 Å². The van der Waals surface area contributed by atoms with Crippen LogP contribution in [0.25, 0.3) is 11.1 Å². The van der Waals surface area contributed by atoms with Crippen molar-refractivity contribution in [1.29, 1.82) is 0 Å². The van der Waals surface area contributed by atoms with E-state index < -0.39 is 10.9 Å². The highest BCUT2D eigenvalue weighted by Crippen LogP contribution is 2.24. The van der Waals surface area contributed by atoms with Crippen LogP contribution >= 0.6 is 0 Å². The summed E-state index contributed by atoms with van der Waals surface area (Å²) in [6.07, 6.45) is -0.0325. The largest absolute Gasteiger partial charge is 0.481 e. The first-order valence-electron chi connectivity index (χ1n) is 5.62. The molecule has 5 nitrogen and oxygen atoms in total. The Bertz CT molecular complexity index is 620. The third kappa shape index (κ3) is 3.16. The first kappa shape index (κ1) is 12.8. The molecule has 0 atom stereocenters. The topological polar surface area (TPSA) is 80.4 Å². The molecule has 19 heavy (non-hydrogen) atoms. The number of nitro benzene ring substituents is 1. The van der Waals surface area contributed by atoms with Gasteiger partial charge in [-0.05, 0) is 16.7 Å². The zero-order chi connectivity index (χ0) is 13.8. The van der Waals surface area contributed by atoms with Crippen molar-refractivity contribution in [2.75, 3.05) is 0 Å². The molecule has 0 bridgehead atoms. The molecule has 0 heterocycles. The third-order valence-corrected chi connectivity index (χ3v) is 2.70. The summed E-state index contributed by atoms with van der Waals surface area (Å²) in [7, 11) is 0. The van der Waals surface area contributed by atoms with Crippen molar-refractivity contribution in [2.45, 2.75) is 6.42 Å². The fraction of sp³-hybridized carbons (Fsp3) is 0.0714. The lowest BCUT2D eigenvalue weighted by atomic mass is 10.0. The molecule has 0 fully saturated rings. The second-order valence-corrected chi connectivity index (χ2v) is 4.07. The maximum Gasteiger partial charge on any atom is 0.307 e. The second-order valence-electron chi connectivity index (χ2n) is 4.07. The Morgan fingerprint density at radius 1 is 1.11 bits per heavy atom. The number of benzene rings is 2. The minimum absolute atomic E-state index is 0.0325. The zero-order valence-corrected chi connectivity index (χ0v) is 9.95. The number of nitrogens with zero attached hydrogens (tertiary/aromatic N) is 1. The van der Waals surface area contributed by atoms with E-state index in [0.717, 1.165) is 11.1 Å². The molecule has 0 aromatic heterocycles. The summed E-state index contributed by atoms with van der Waals surface area (Å²) in [4.78, 5) is 20.8. The van der Waals surface area contributed by atoms with E-state index >= 15 is 0 Å². The summed E-state index contributed by atoms with van der Waals surface area (Å²) in [5.74, 6) is -0.886. The van der Waals surface area contributed by atoms with E-state index in [-0.39, 0.29) is 12.1 Å². The SMILES string of the molecule is O=C(O)Cc1ccc(-c2cccc([N+](=O)[O-])c2)cc1. The van der Waals surface area contributed by atoms with Gasteiger partial charge in [-0.25, -0.2) is 0 Å². The van der Waals surface area contributed by atoms with Gasteiger partial charge in [0.25, 0.3) is 5.69 Å². The number of carbonyl (C=O) groups is 1. The standard InChI is InChI=1S/C14H11NO4/c16-14(17)8-10-4-6-11(7-5-10)12-2-1-3-13(9-12)15(18)19/h1-7,9H,8H2,(H,16,17). The Morgan fingerprint density at radius 3 is 2.37 bits per heavy atom. The van der Waals surface area contributed by atoms with Gasteiger partial charge in [0.05, 0.1) is 11.3 Å². The van der Waals surface area contributed by atoms with Crippen molar-refractivity contribution in [3.8, 4) is 11.1 Å². The molecular formula is C14H11NO4. The molecule has 2 aromatic carbocycles. The van der Waals surface area contributed by atoms with Gasteiger partial charge in [-0.2, -0.15) is 0 Å². The van der Waals surface area contributed by atoms with Crippen molar-refractivity contribution in [3.05, 3.63) is 64.2 Å². The molecule has 0 unspecified atom stereocenters. The number of hydrogen-bond donors (Lipinski definition) is 1. The van der Waals surface area contributed by atoms with Gasteiger partial charge in [-0.3, -0.25) is 14.9 Å². The molecule has 0 saturated heterocycles. The summed E-state index contributed by atoms with van der Waals surface area (Å²) in [5.41, 5.74) is 2.28. The van der Waals surface area contributed by atoms with Crippen molar-refractivity contribution in [3.63, 3.8) is 0 Å². The number of carboxylic acid groups (broad SMARTS) is 1. The Labute approximate surface area is 109 Å². The summed E-state index contributed by atoms with van der Waals surface area (Å²) in [5, 5.41) is 19.4. The van der Waals surface area contributed by atoms with E-state index in [1.54, 1.807) is 36.4 Å². The molecule has 2 rings (SSSR count). The molecule has 0 radical (unpaired) electrons. The van der Waals surface area contributed by atoms with Crippen molar-refractivity contribution in [2.24, 2.45) is 0 Å². The normalized spacial score (nSPS) is 10.1. The van der Waals surface area contributed by atoms with Gasteiger partial charge in [0.2, 0.25) is 0 Å². The van der Waals surface area contributed by atoms with Crippen LogP contribution in [0.3, 0.4) is 0 Å².